The predicted octanol–water partition coefficient (Wildman–Crippen LogP) is 4.51. The van der Waals surface area contributed by atoms with Crippen LogP contribution in [0, 0.1) is 11.6 Å². The normalized spacial score (nSPS) is 13.6. The van der Waals surface area contributed by atoms with Crippen molar-refractivity contribution in [3.8, 4) is 0 Å². The van der Waals surface area contributed by atoms with Crippen molar-refractivity contribution >= 4 is 35.0 Å². The van der Waals surface area contributed by atoms with E-state index in [-0.39, 0.29) is 23.5 Å². The van der Waals surface area contributed by atoms with Gasteiger partial charge in [-0.2, -0.15) is 0 Å². The summed E-state index contributed by atoms with van der Waals surface area (Å²) in [5.74, 6) is -1.86. The first kappa shape index (κ1) is 28.5. The zero-order valence-electron chi connectivity index (χ0n) is 21.9. The second kappa shape index (κ2) is 12.5. The number of ether oxygens (including phenoxy) is 2. The summed E-state index contributed by atoms with van der Waals surface area (Å²) in [6.07, 6.45) is -0.787. The van der Waals surface area contributed by atoms with Gasteiger partial charge in [0, 0.05) is 30.2 Å². The lowest BCUT2D eigenvalue weighted by atomic mass is 10.0. The van der Waals surface area contributed by atoms with Gasteiger partial charge in [-0.25, -0.2) is 18.4 Å². The van der Waals surface area contributed by atoms with Crippen molar-refractivity contribution in [2.24, 2.45) is 0 Å². The van der Waals surface area contributed by atoms with Gasteiger partial charge in [0.25, 0.3) is 5.91 Å². The molecule has 0 saturated carbocycles. The van der Waals surface area contributed by atoms with Crippen molar-refractivity contribution in [1.82, 2.24) is 10.6 Å². The van der Waals surface area contributed by atoms with E-state index in [1.54, 1.807) is 38.1 Å². The lowest BCUT2D eigenvalue weighted by molar-refractivity contribution is -0.137. The molecular weight excluding hydrogens is 524 g/mol. The van der Waals surface area contributed by atoms with Crippen LogP contribution in [0.4, 0.5) is 35.4 Å². The number of nitrogens with one attached hydrogen (secondary N) is 4. The van der Waals surface area contributed by atoms with E-state index in [9.17, 15) is 23.2 Å². The Kier molecular flexibility index (Phi) is 8.92. The van der Waals surface area contributed by atoms with Crippen LogP contribution in [0.25, 0.3) is 0 Å². The summed E-state index contributed by atoms with van der Waals surface area (Å²) in [7, 11) is 0. The largest absolute Gasteiger partial charge is 0.351 e. The number of rotatable bonds is 10. The van der Waals surface area contributed by atoms with Crippen molar-refractivity contribution in [1.29, 1.82) is 0 Å². The topological polar surface area (TPSA) is 121 Å². The van der Waals surface area contributed by atoms with E-state index in [1.165, 1.54) is 41.3 Å². The van der Waals surface area contributed by atoms with Gasteiger partial charge in [0.2, 0.25) is 5.66 Å². The summed E-state index contributed by atoms with van der Waals surface area (Å²) in [5, 5.41) is 10.1. The number of carbonyl (C=O) groups excluding carboxylic acids is 3. The second-order valence-corrected chi connectivity index (χ2v) is 8.70. The third-order valence-corrected chi connectivity index (χ3v) is 5.97. The maximum absolute atomic E-state index is 14.1. The second-order valence-electron chi connectivity index (χ2n) is 8.70. The van der Waals surface area contributed by atoms with Crippen LogP contribution < -0.4 is 26.2 Å². The number of nitrogens with zero attached hydrogens (tertiary/aromatic N) is 1. The van der Waals surface area contributed by atoms with Crippen LogP contribution >= 0.6 is 0 Å². The highest BCUT2D eigenvalue weighted by molar-refractivity contribution is 6.12. The molecule has 1 aliphatic heterocycles. The molecule has 0 radical (unpaired) electrons. The number of para-hydroxylation sites is 1. The highest BCUT2D eigenvalue weighted by Gasteiger charge is 2.54. The number of urea groups is 2. The molecule has 0 aliphatic carbocycles. The van der Waals surface area contributed by atoms with E-state index < -0.39 is 41.6 Å². The van der Waals surface area contributed by atoms with Gasteiger partial charge < -0.3 is 35.6 Å². The number of fused-ring (bicyclic) bond motifs is 1. The molecule has 40 heavy (non-hydrogen) atoms. The van der Waals surface area contributed by atoms with Gasteiger partial charge in [-0.1, -0.05) is 30.3 Å². The Morgan fingerprint density at radius 3 is 1.85 bits per heavy atom. The quantitative estimate of drug-likeness (QED) is 0.276. The maximum Gasteiger partial charge on any atom is 0.321 e. The van der Waals surface area contributed by atoms with Gasteiger partial charge in [0.05, 0.1) is 12.2 Å². The van der Waals surface area contributed by atoms with Crippen LogP contribution in [-0.4, -0.2) is 44.0 Å². The van der Waals surface area contributed by atoms with E-state index in [2.05, 4.69) is 21.3 Å². The molecule has 0 bridgehead atoms. The number of amides is 5. The fourth-order valence-electron chi connectivity index (χ4n) is 4.38. The molecule has 0 unspecified atom stereocenters. The fraction of sp³-hybridized carbons (Fsp3) is 0.250. The molecular formula is C28H29F2N5O5. The molecule has 0 spiro atoms. The summed E-state index contributed by atoms with van der Waals surface area (Å²) < 4.78 is 38.7. The first-order chi connectivity index (χ1) is 19.3. The molecule has 4 N–H and O–H groups in total. The Hall–Kier alpha value is -4.55. The van der Waals surface area contributed by atoms with Crippen molar-refractivity contribution < 1.29 is 32.6 Å². The number of benzene rings is 3. The molecule has 4 rings (SSSR count). The van der Waals surface area contributed by atoms with Gasteiger partial charge >= 0.3 is 12.1 Å². The molecule has 0 fully saturated rings. The van der Waals surface area contributed by atoms with Crippen LogP contribution in [0.3, 0.4) is 0 Å². The highest BCUT2D eigenvalue weighted by Crippen LogP contribution is 2.39. The third kappa shape index (κ3) is 6.35. The first-order valence-electron chi connectivity index (χ1n) is 12.6. The average molecular weight is 554 g/mol. The molecule has 0 saturated heterocycles. The van der Waals surface area contributed by atoms with Gasteiger partial charge in [-0.3, -0.25) is 4.79 Å². The Bertz CT molecular complexity index is 1320. The molecule has 1 heterocycles. The lowest BCUT2D eigenvalue weighted by Gasteiger charge is -2.31. The van der Waals surface area contributed by atoms with Gasteiger partial charge in [-0.05, 0) is 56.3 Å². The minimum absolute atomic E-state index is 0.0420. The maximum atomic E-state index is 14.1. The number of halogens is 2. The number of anilines is 3. The van der Waals surface area contributed by atoms with Gasteiger partial charge in [-0.15, -0.1) is 0 Å². The summed E-state index contributed by atoms with van der Waals surface area (Å²) in [6.45, 7) is 4.17. The van der Waals surface area contributed by atoms with E-state index in [4.69, 9.17) is 9.47 Å². The predicted molar refractivity (Wildman–Crippen MR) is 145 cm³/mol. The zero-order chi connectivity index (χ0) is 28.7. The molecule has 210 valence electrons. The number of hydrogen-bond acceptors (Lipinski definition) is 5. The molecule has 12 heteroatoms. The lowest BCUT2D eigenvalue weighted by Crippen LogP contribution is -2.65. The van der Waals surface area contributed by atoms with E-state index >= 15 is 0 Å². The van der Waals surface area contributed by atoms with Gasteiger partial charge in [0.1, 0.15) is 11.6 Å². The Morgan fingerprint density at radius 2 is 1.35 bits per heavy atom. The Morgan fingerprint density at radius 1 is 0.825 bits per heavy atom. The van der Waals surface area contributed by atoms with E-state index in [0.717, 1.165) is 12.1 Å². The Balaban J connectivity index is 1.70. The molecule has 0 atom stereocenters. The first-order valence-corrected chi connectivity index (χ1v) is 12.6. The monoisotopic (exact) mass is 553 g/mol. The van der Waals surface area contributed by atoms with Crippen LogP contribution in [0.1, 0.15) is 19.4 Å². The molecule has 10 nitrogen and oxygen atoms in total. The molecule has 1 aliphatic rings. The number of carbonyl (C=O) groups is 3. The number of hydrogen-bond donors (Lipinski definition) is 4. The minimum Gasteiger partial charge on any atom is -0.351 e. The summed E-state index contributed by atoms with van der Waals surface area (Å²) in [4.78, 5) is 41.8. The Labute approximate surface area is 229 Å². The minimum atomic E-state index is -2.10. The van der Waals surface area contributed by atoms with E-state index in [1.807, 2.05) is 0 Å². The fourth-order valence-corrected chi connectivity index (χ4v) is 4.38. The molecule has 3 aromatic rings. The van der Waals surface area contributed by atoms with Crippen molar-refractivity contribution in [3.63, 3.8) is 0 Å². The zero-order valence-corrected chi connectivity index (χ0v) is 21.9. The standard InChI is InChI=1S/C28H29F2N5O5/c1-3-39-24(40-4-2)17-35-23-14-6-5-13-22(23)28(25(35)36,33-26(37)31-20-11-7-9-18(29)15-20)34-27(38)32-21-12-8-10-19(30)16-21/h5-16,24H,3-4,17H2,1-2H3,(H2,31,33,37)(H2,32,34,38). The van der Waals surface area contributed by atoms with Gasteiger partial charge in [0.15, 0.2) is 6.29 Å². The smallest absolute Gasteiger partial charge is 0.321 e. The van der Waals surface area contributed by atoms with E-state index in [0.29, 0.717) is 18.9 Å². The van der Waals surface area contributed by atoms with Crippen molar-refractivity contribution in [2.45, 2.75) is 25.8 Å². The highest BCUT2D eigenvalue weighted by atomic mass is 19.1. The SMILES string of the molecule is CCOC(CN1C(=O)C(NC(=O)Nc2cccc(F)c2)(NC(=O)Nc2cccc(F)c2)c2ccccc21)OCC. The van der Waals surface area contributed by atoms with Crippen molar-refractivity contribution in [3.05, 3.63) is 90.0 Å². The van der Waals surface area contributed by atoms with Crippen LogP contribution in [0.15, 0.2) is 72.8 Å². The molecule has 5 amide bonds. The third-order valence-electron chi connectivity index (χ3n) is 5.97. The summed E-state index contributed by atoms with van der Waals surface area (Å²) >= 11 is 0. The average Bonchev–Trinajstić information content (AvgIpc) is 3.11. The summed E-state index contributed by atoms with van der Waals surface area (Å²) in [6, 6.07) is 15.2. The molecule has 0 aromatic heterocycles. The van der Waals surface area contributed by atoms with Crippen LogP contribution in [-0.2, 0) is 19.9 Å². The summed E-state index contributed by atoms with van der Waals surface area (Å²) in [5.41, 5.74) is -1.20. The van der Waals surface area contributed by atoms with Crippen molar-refractivity contribution in [2.75, 3.05) is 35.3 Å². The van der Waals surface area contributed by atoms with Crippen LogP contribution in [0.5, 0.6) is 0 Å². The molecule has 3 aromatic carbocycles. The van der Waals surface area contributed by atoms with Crippen LogP contribution in [0.2, 0.25) is 0 Å².